The lowest BCUT2D eigenvalue weighted by Crippen LogP contribution is -2.26. The van der Waals surface area contributed by atoms with Crippen molar-refractivity contribution < 1.29 is 9.66 Å². The minimum Gasteiger partial charge on any atom is -0.383 e. The second-order valence-electron chi connectivity index (χ2n) is 3.64. The Hall–Kier alpha value is -1.80. The van der Waals surface area contributed by atoms with Gasteiger partial charge in [0.15, 0.2) is 0 Å². The zero-order chi connectivity index (χ0) is 13.4. The average Bonchev–Trinajstić information content (AvgIpc) is 2.35. The van der Waals surface area contributed by atoms with E-state index in [4.69, 9.17) is 4.74 Å². The van der Waals surface area contributed by atoms with Crippen LogP contribution in [-0.2, 0) is 11.3 Å². The van der Waals surface area contributed by atoms with Gasteiger partial charge in [-0.25, -0.2) is 4.79 Å². The van der Waals surface area contributed by atoms with Crippen molar-refractivity contribution in [3.8, 4) is 0 Å². The summed E-state index contributed by atoms with van der Waals surface area (Å²) < 4.78 is 6.11. The summed E-state index contributed by atoms with van der Waals surface area (Å²) in [5.41, 5.74) is -0.653. The van der Waals surface area contributed by atoms with Gasteiger partial charge in [0.05, 0.1) is 17.7 Å². The third kappa shape index (κ3) is 4.60. The molecule has 0 spiro atoms. The molecule has 0 fully saturated rings. The standard InChI is InChI=1S/C10H16N4O4/c1-18-6-4-11-3-2-5-13-8-9(14(16)17)7-12-10(13)15/h7-8,11H,2-6H2,1H3. The van der Waals surface area contributed by atoms with Crippen molar-refractivity contribution in [1.82, 2.24) is 14.9 Å². The van der Waals surface area contributed by atoms with Crippen LogP contribution in [0, 0.1) is 10.1 Å². The number of rotatable bonds is 8. The number of ether oxygens (including phenoxy) is 1. The van der Waals surface area contributed by atoms with Crippen LogP contribution in [0.3, 0.4) is 0 Å². The molecule has 0 aromatic carbocycles. The Kier molecular flexibility index (Phi) is 5.95. The summed E-state index contributed by atoms with van der Waals surface area (Å²) in [5.74, 6) is 0. The van der Waals surface area contributed by atoms with Gasteiger partial charge in [-0.15, -0.1) is 0 Å². The van der Waals surface area contributed by atoms with Gasteiger partial charge in [0, 0.05) is 20.2 Å². The molecule has 0 aliphatic carbocycles. The van der Waals surface area contributed by atoms with E-state index in [1.54, 1.807) is 7.11 Å². The topological polar surface area (TPSA) is 99.3 Å². The number of hydrogen-bond acceptors (Lipinski definition) is 6. The predicted octanol–water partition coefficient (Wildman–Crippen LogP) is -0.222. The fourth-order valence-corrected chi connectivity index (χ4v) is 1.37. The van der Waals surface area contributed by atoms with Crippen LogP contribution in [-0.4, -0.2) is 41.3 Å². The number of nitrogens with one attached hydrogen (secondary N) is 1. The van der Waals surface area contributed by atoms with Crippen molar-refractivity contribution >= 4 is 5.69 Å². The van der Waals surface area contributed by atoms with Crippen LogP contribution in [0.2, 0.25) is 0 Å². The fourth-order valence-electron chi connectivity index (χ4n) is 1.37. The highest BCUT2D eigenvalue weighted by Crippen LogP contribution is 2.04. The first kappa shape index (κ1) is 14.3. The summed E-state index contributed by atoms with van der Waals surface area (Å²) in [6, 6.07) is 0. The highest BCUT2D eigenvalue weighted by molar-refractivity contribution is 5.20. The quantitative estimate of drug-likeness (QED) is 0.392. The highest BCUT2D eigenvalue weighted by atomic mass is 16.6. The minimum atomic E-state index is -0.570. The number of hydrogen-bond donors (Lipinski definition) is 1. The Balaban J connectivity index is 2.44. The van der Waals surface area contributed by atoms with Gasteiger partial charge in [-0.05, 0) is 13.0 Å². The molecule has 18 heavy (non-hydrogen) atoms. The Labute approximate surface area is 104 Å². The molecule has 100 valence electrons. The van der Waals surface area contributed by atoms with Crippen LogP contribution in [0.15, 0.2) is 17.2 Å². The van der Waals surface area contributed by atoms with E-state index in [2.05, 4.69) is 10.3 Å². The van der Waals surface area contributed by atoms with Gasteiger partial charge in [0.1, 0.15) is 6.20 Å². The summed E-state index contributed by atoms with van der Waals surface area (Å²) in [4.78, 5) is 24.8. The van der Waals surface area contributed by atoms with Crippen LogP contribution in [0.25, 0.3) is 0 Å². The average molecular weight is 256 g/mol. The van der Waals surface area contributed by atoms with E-state index in [0.717, 1.165) is 12.7 Å². The first-order valence-electron chi connectivity index (χ1n) is 5.55. The molecule has 8 heteroatoms. The predicted molar refractivity (Wildman–Crippen MR) is 64.5 cm³/mol. The summed E-state index contributed by atoms with van der Waals surface area (Å²) in [6.07, 6.45) is 2.87. The SMILES string of the molecule is COCCNCCCn1cc([N+](=O)[O-])cnc1=O. The maximum atomic E-state index is 11.3. The Morgan fingerprint density at radius 1 is 1.56 bits per heavy atom. The third-order valence-corrected chi connectivity index (χ3v) is 2.29. The maximum Gasteiger partial charge on any atom is 0.347 e. The molecular weight excluding hydrogens is 240 g/mol. The van der Waals surface area contributed by atoms with Crippen LogP contribution in [0.4, 0.5) is 5.69 Å². The summed E-state index contributed by atoms with van der Waals surface area (Å²) in [5, 5.41) is 13.7. The zero-order valence-corrected chi connectivity index (χ0v) is 10.2. The van der Waals surface area contributed by atoms with Crippen molar-refractivity contribution in [3.05, 3.63) is 33.0 Å². The van der Waals surface area contributed by atoms with E-state index in [1.807, 2.05) is 0 Å². The van der Waals surface area contributed by atoms with Gasteiger partial charge in [-0.1, -0.05) is 0 Å². The minimum absolute atomic E-state index is 0.179. The van der Waals surface area contributed by atoms with Gasteiger partial charge >= 0.3 is 11.4 Å². The van der Waals surface area contributed by atoms with E-state index < -0.39 is 10.6 Å². The number of aryl methyl sites for hydroxylation is 1. The van der Waals surface area contributed by atoms with E-state index in [-0.39, 0.29) is 5.69 Å². The summed E-state index contributed by atoms with van der Waals surface area (Å²) >= 11 is 0. The molecule has 0 bridgehead atoms. The lowest BCUT2D eigenvalue weighted by molar-refractivity contribution is -0.385. The first-order valence-corrected chi connectivity index (χ1v) is 5.55. The van der Waals surface area contributed by atoms with Crippen molar-refractivity contribution in [2.24, 2.45) is 0 Å². The molecule has 0 radical (unpaired) electrons. The third-order valence-electron chi connectivity index (χ3n) is 2.29. The molecule has 1 N–H and O–H groups in total. The van der Waals surface area contributed by atoms with Crippen molar-refractivity contribution in [2.45, 2.75) is 13.0 Å². The Morgan fingerprint density at radius 3 is 3.00 bits per heavy atom. The van der Waals surface area contributed by atoms with E-state index >= 15 is 0 Å². The molecule has 1 aromatic heterocycles. The molecule has 0 saturated carbocycles. The van der Waals surface area contributed by atoms with Crippen LogP contribution < -0.4 is 11.0 Å². The Bertz CT molecular complexity index is 446. The normalized spacial score (nSPS) is 10.5. The molecule has 1 rings (SSSR count). The van der Waals surface area contributed by atoms with E-state index in [0.29, 0.717) is 26.1 Å². The molecule has 0 aliphatic rings. The molecule has 0 aliphatic heterocycles. The number of methoxy groups -OCH3 is 1. The zero-order valence-electron chi connectivity index (χ0n) is 10.2. The summed E-state index contributed by atoms with van der Waals surface area (Å²) in [7, 11) is 1.62. The molecular formula is C10H16N4O4. The Morgan fingerprint density at radius 2 is 2.33 bits per heavy atom. The molecule has 1 aromatic rings. The smallest absolute Gasteiger partial charge is 0.347 e. The monoisotopic (exact) mass is 256 g/mol. The van der Waals surface area contributed by atoms with Gasteiger partial charge < -0.3 is 10.1 Å². The van der Waals surface area contributed by atoms with Gasteiger partial charge in [0.2, 0.25) is 0 Å². The molecule has 0 saturated heterocycles. The molecule has 1 heterocycles. The molecule has 0 atom stereocenters. The van der Waals surface area contributed by atoms with E-state index in [1.165, 1.54) is 10.8 Å². The van der Waals surface area contributed by atoms with Crippen molar-refractivity contribution in [2.75, 3.05) is 26.8 Å². The van der Waals surface area contributed by atoms with Crippen LogP contribution >= 0.6 is 0 Å². The first-order chi connectivity index (χ1) is 8.65. The largest absolute Gasteiger partial charge is 0.383 e. The van der Waals surface area contributed by atoms with Crippen LogP contribution in [0.1, 0.15) is 6.42 Å². The fraction of sp³-hybridized carbons (Fsp3) is 0.600. The second-order valence-corrected chi connectivity index (χ2v) is 3.64. The van der Waals surface area contributed by atoms with Crippen molar-refractivity contribution in [3.63, 3.8) is 0 Å². The van der Waals surface area contributed by atoms with Gasteiger partial charge in [-0.2, -0.15) is 4.98 Å². The molecule has 8 nitrogen and oxygen atoms in total. The highest BCUT2D eigenvalue weighted by Gasteiger charge is 2.08. The van der Waals surface area contributed by atoms with Crippen molar-refractivity contribution in [1.29, 1.82) is 0 Å². The lowest BCUT2D eigenvalue weighted by atomic mass is 10.4. The number of nitrogens with zero attached hydrogens (tertiary/aromatic N) is 3. The second kappa shape index (κ2) is 7.51. The number of aromatic nitrogens is 2. The van der Waals surface area contributed by atoms with E-state index in [9.17, 15) is 14.9 Å². The number of nitro groups is 1. The lowest BCUT2D eigenvalue weighted by Gasteiger charge is -2.05. The molecule has 0 amide bonds. The van der Waals surface area contributed by atoms with Crippen LogP contribution in [0.5, 0.6) is 0 Å². The van der Waals surface area contributed by atoms with Gasteiger partial charge in [0.25, 0.3) is 0 Å². The molecule has 0 unspecified atom stereocenters. The maximum absolute atomic E-state index is 11.3. The van der Waals surface area contributed by atoms with Gasteiger partial charge in [-0.3, -0.25) is 14.7 Å². The summed E-state index contributed by atoms with van der Waals surface area (Å²) in [6.45, 7) is 2.46.